The van der Waals surface area contributed by atoms with E-state index in [4.69, 9.17) is 5.11 Å². The number of aliphatic hydroxyl groups is 1. The Hall–Kier alpha value is -1.88. The summed E-state index contributed by atoms with van der Waals surface area (Å²) in [6.07, 6.45) is -1.61. The van der Waals surface area contributed by atoms with Crippen molar-refractivity contribution in [1.29, 1.82) is 0 Å². The second kappa shape index (κ2) is 4.42. The molecule has 1 unspecified atom stereocenters. The van der Waals surface area contributed by atoms with Crippen LogP contribution in [0.2, 0.25) is 0 Å². The van der Waals surface area contributed by atoms with Crippen LogP contribution in [-0.2, 0) is 4.79 Å². The summed E-state index contributed by atoms with van der Waals surface area (Å²) in [5, 5.41) is 19.2. The monoisotopic (exact) mass is 251 g/mol. The van der Waals surface area contributed by atoms with Crippen molar-refractivity contribution in [3.05, 3.63) is 35.8 Å². The molecule has 18 heavy (non-hydrogen) atoms. The zero-order chi connectivity index (χ0) is 13.4. The highest BCUT2D eigenvalue weighted by Crippen LogP contribution is 2.28. The first-order chi connectivity index (χ1) is 8.41. The smallest absolute Gasteiger partial charge is 0.338 e. The van der Waals surface area contributed by atoms with Gasteiger partial charge in [0.25, 0.3) is 0 Å². The Balaban J connectivity index is 2.72. The Morgan fingerprint density at radius 1 is 1.33 bits per heavy atom. The molecule has 0 saturated heterocycles. The summed E-state index contributed by atoms with van der Waals surface area (Å²) in [7, 11) is 0. The molecule has 1 aromatic heterocycles. The molecular weight excluding hydrogens is 237 g/mol. The molecule has 1 heterocycles. The minimum atomic E-state index is -1.61. The van der Waals surface area contributed by atoms with Gasteiger partial charge in [-0.3, -0.25) is 0 Å². The molecule has 0 aliphatic carbocycles. The number of benzene rings is 1. The van der Waals surface area contributed by atoms with Crippen molar-refractivity contribution in [2.24, 2.45) is 0 Å². The van der Waals surface area contributed by atoms with Gasteiger partial charge in [-0.2, -0.15) is 0 Å². The number of hydrogen-bond donors (Lipinski definition) is 2. The summed E-state index contributed by atoms with van der Waals surface area (Å²) >= 11 is 0. The Morgan fingerprint density at radius 2 is 2.00 bits per heavy atom. The highest BCUT2D eigenvalue weighted by molar-refractivity contribution is 5.84. The van der Waals surface area contributed by atoms with Crippen LogP contribution >= 0.6 is 0 Å². The lowest BCUT2D eigenvalue weighted by atomic mass is 10.2. The predicted molar refractivity (Wildman–Crippen MR) is 64.9 cm³/mol. The molecule has 0 fully saturated rings. The topological polar surface area (TPSA) is 62.5 Å². The van der Waals surface area contributed by atoms with E-state index in [1.54, 1.807) is 10.6 Å². The van der Waals surface area contributed by atoms with Crippen LogP contribution in [0.4, 0.5) is 4.39 Å². The van der Waals surface area contributed by atoms with Gasteiger partial charge in [-0.1, -0.05) is 0 Å². The van der Waals surface area contributed by atoms with Crippen molar-refractivity contribution in [3.63, 3.8) is 0 Å². The van der Waals surface area contributed by atoms with Gasteiger partial charge in [0.2, 0.25) is 0 Å². The number of hydrogen-bond acceptors (Lipinski definition) is 2. The second-order valence-electron chi connectivity index (χ2n) is 4.48. The minimum absolute atomic E-state index is 0.0306. The molecular formula is C13H14FNO3. The number of carboxylic acid groups (broad SMARTS) is 1. The normalized spacial score (nSPS) is 13.2. The van der Waals surface area contributed by atoms with Crippen molar-refractivity contribution >= 4 is 16.9 Å². The molecule has 1 aromatic carbocycles. The van der Waals surface area contributed by atoms with E-state index in [9.17, 15) is 14.3 Å². The fraction of sp³-hybridized carbons (Fsp3) is 0.308. The standard InChI is InChI=1S/C13H14FNO3/c1-7(2)15-10-4-3-9(14)5-8(10)6-11(15)12(16)13(17)18/h3-7,12,16H,1-2H3,(H,17,18). The van der Waals surface area contributed by atoms with Crippen LogP contribution in [-0.4, -0.2) is 20.7 Å². The molecule has 2 rings (SSSR count). The fourth-order valence-electron chi connectivity index (χ4n) is 2.14. The van der Waals surface area contributed by atoms with E-state index < -0.39 is 12.1 Å². The number of carboxylic acids is 1. The van der Waals surface area contributed by atoms with Crippen LogP contribution in [0.1, 0.15) is 31.7 Å². The molecule has 2 N–H and O–H groups in total. The number of nitrogens with zero attached hydrogens (tertiary/aromatic N) is 1. The minimum Gasteiger partial charge on any atom is -0.479 e. The van der Waals surface area contributed by atoms with Gasteiger partial charge in [0.1, 0.15) is 5.82 Å². The molecule has 4 nitrogen and oxygen atoms in total. The molecule has 1 atom stereocenters. The van der Waals surface area contributed by atoms with Gasteiger partial charge in [-0.15, -0.1) is 0 Å². The summed E-state index contributed by atoms with van der Waals surface area (Å²) in [5.74, 6) is -1.71. The van der Waals surface area contributed by atoms with Crippen LogP contribution in [0.3, 0.4) is 0 Å². The Labute approximate surface area is 103 Å². The maximum atomic E-state index is 13.2. The second-order valence-corrected chi connectivity index (χ2v) is 4.48. The van der Waals surface area contributed by atoms with E-state index in [0.29, 0.717) is 10.9 Å². The molecule has 0 amide bonds. The molecule has 0 spiro atoms. The third-order valence-corrected chi connectivity index (χ3v) is 2.86. The zero-order valence-electron chi connectivity index (χ0n) is 10.1. The van der Waals surface area contributed by atoms with Crippen molar-refractivity contribution in [2.75, 3.05) is 0 Å². The molecule has 0 bridgehead atoms. The van der Waals surface area contributed by atoms with Crippen molar-refractivity contribution < 1.29 is 19.4 Å². The first kappa shape index (κ1) is 12.6. The van der Waals surface area contributed by atoms with Crippen molar-refractivity contribution in [2.45, 2.75) is 26.0 Å². The molecule has 5 heteroatoms. The van der Waals surface area contributed by atoms with E-state index in [2.05, 4.69) is 0 Å². The van der Waals surface area contributed by atoms with Crippen LogP contribution in [0.5, 0.6) is 0 Å². The van der Waals surface area contributed by atoms with Crippen molar-refractivity contribution in [3.8, 4) is 0 Å². The predicted octanol–water partition coefficient (Wildman–Crippen LogP) is 2.48. The number of aliphatic hydroxyl groups excluding tert-OH is 1. The van der Waals surface area contributed by atoms with Crippen LogP contribution in [0, 0.1) is 5.82 Å². The molecule has 0 saturated carbocycles. The largest absolute Gasteiger partial charge is 0.479 e. The van der Waals surface area contributed by atoms with Gasteiger partial charge in [-0.05, 0) is 38.1 Å². The lowest BCUT2D eigenvalue weighted by Crippen LogP contribution is -2.16. The summed E-state index contributed by atoms with van der Waals surface area (Å²) in [5.41, 5.74) is 0.972. The lowest BCUT2D eigenvalue weighted by Gasteiger charge is -2.16. The summed E-state index contributed by atoms with van der Waals surface area (Å²) < 4.78 is 14.9. The number of carbonyl (C=O) groups is 1. The number of rotatable bonds is 3. The Morgan fingerprint density at radius 3 is 2.56 bits per heavy atom. The number of halogens is 1. The highest BCUT2D eigenvalue weighted by atomic mass is 19.1. The van der Waals surface area contributed by atoms with E-state index >= 15 is 0 Å². The summed E-state index contributed by atoms with van der Waals surface area (Å²) in [6, 6.07) is 5.71. The third-order valence-electron chi connectivity index (χ3n) is 2.86. The summed E-state index contributed by atoms with van der Waals surface area (Å²) in [4.78, 5) is 10.9. The highest BCUT2D eigenvalue weighted by Gasteiger charge is 2.23. The molecule has 2 aromatic rings. The molecule has 0 aliphatic heterocycles. The lowest BCUT2D eigenvalue weighted by molar-refractivity contribution is -0.147. The van der Waals surface area contributed by atoms with Gasteiger partial charge in [-0.25, -0.2) is 9.18 Å². The Kier molecular flexibility index (Phi) is 3.09. The van der Waals surface area contributed by atoms with Gasteiger partial charge >= 0.3 is 5.97 Å². The summed E-state index contributed by atoms with van der Waals surface area (Å²) in [6.45, 7) is 3.75. The quantitative estimate of drug-likeness (QED) is 0.880. The van der Waals surface area contributed by atoms with Crippen LogP contribution in [0.15, 0.2) is 24.3 Å². The molecule has 0 aliphatic rings. The van der Waals surface area contributed by atoms with E-state index in [1.165, 1.54) is 18.2 Å². The maximum absolute atomic E-state index is 13.2. The third kappa shape index (κ3) is 1.97. The van der Waals surface area contributed by atoms with Crippen LogP contribution < -0.4 is 0 Å². The first-order valence-corrected chi connectivity index (χ1v) is 5.63. The average molecular weight is 251 g/mol. The van der Waals surface area contributed by atoms with Crippen molar-refractivity contribution in [1.82, 2.24) is 4.57 Å². The number of aromatic nitrogens is 1. The van der Waals surface area contributed by atoms with E-state index in [0.717, 1.165) is 0 Å². The average Bonchev–Trinajstić information content (AvgIpc) is 2.65. The fourth-order valence-corrected chi connectivity index (χ4v) is 2.14. The zero-order valence-corrected chi connectivity index (χ0v) is 10.1. The van der Waals surface area contributed by atoms with Gasteiger partial charge < -0.3 is 14.8 Å². The Bertz CT molecular complexity index is 604. The maximum Gasteiger partial charge on any atom is 0.338 e. The first-order valence-electron chi connectivity index (χ1n) is 5.63. The SMILES string of the molecule is CC(C)n1c(C(O)C(=O)O)cc2cc(F)ccc21. The number of aliphatic carboxylic acids is 1. The van der Waals surface area contributed by atoms with Gasteiger partial charge in [0.05, 0.1) is 5.69 Å². The van der Waals surface area contributed by atoms with E-state index in [1.807, 2.05) is 13.8 Å². The molecule has 0 radical (unpaired) electrons. The number of fused-ring (bicyclic) bond motifs is 1. The molecule has 96 valence electrons. The van der Waals surface area contributed by atoms with Gasteiger partial charge in [0, 0.05) is 16.9 Å². The van der Waals surface area contributed by atoms with E-state index in [-0.39, 0.29) is 17.6 Å². The van der Waals surface area contributed by atoms with Gasteiger partial charge in [0.15, 0.2) is 6.10 Å². The van der Waals surface area contributed by atoms with Crippen LogP contribution in [0.25, 0.3) is 10.9 Å².